The van der Waals surface area contributed by atoms with E-state index in [1.807, 2.05) is 0 Å². The number of sulfonamides is 1. The summed E-state index contributed by atoms with van der Waals surface area (Å²) in [5.41, 5.74) is -0.184. The minimum absolute atomic E-state index is 0.120. The van der Waals surface area contributed by atoms with E-state index in [2.05, 4.69) is 4.74 Å². The molecule has 0 saturated heterocycles. The Morgan fingerprint density at radius 2 is 2.04 bits per heavy atom. The summed E-state index contributed by atoms with van der Waals surface area (Å²) < 4.78 is 69.4. The Labute approximate surface area is 135 Å². The zero-order valence-corrected chi connectivity index (χ0v) is 13.7. The van der Waals surface area contributed by atoms with E-state index in [1.54, 1.807) is 0 Å². The predicted molar refractivity (Wildman–Crippen MR) is 74.9 cm³/mol. The highest BCUT2D eigenvalue weighted by Crippen LogP contribution is 2.40. The van der Waals surface area contributed by atoms with Crippen molar-refractivity contribution in [3.63, 3.8) is 0 Å². The van der Waals surface area contributed by atoms with Crippen LogP contribution in [0.3, 0.4) is 0 Å². The van der Waals surface area contributed by atoms with Gasteiger partial charge < -0.3 is 9.30 Å². The molecule has 1 aromatic rings. The Morgan fingerprint density at radius 3 is 2.48 bits per heavy atom. The lowest BCUT2D eigenvalue weighted by Gasteiger charge is -2.16. The Bertz CT molecular complexity index is 725. The molecule has 6 nitrogen and oxygen atoms in total. The van der Waals surface area contributed by atoms with Gasteiger partial charge >= 0.3 is 12.1 Å². The second-order valence-electron chi connectivity index (χ2n) is 5.17. The molecule has 0 amide bonds. The van der Waals surface area contributed by atoms with Gasteiger partial charge in [0.1, 0.15) is 16.6 Å². The zero-order chi connectivity index (χ0) is 17.6. The first kappa shape index (κ1) is 18.1. The van der Waals surface area contributed by atoms with E-state index in [9.17, 15) is 26.4 Å². The van der Waals surface area contributed by atoms with Gasteiger partial charge in [0.25, 0.3) is 0 Å². The summed E-state index contributed by atoms with van der Waals surface area (Å²) in [6.07, 6.45) is -2.26. The van der Waals surface area contributed by atoms with Gasteiger partial charge in [-0.3, -0.25) is 0 Å². The lowest BCUT2D eigenvalue weighted by atomic mass is 10.4. The number of nitrogens with one attached hydrogen (secondary N) is 1. The van der Waals surface area contributed by atoms with Gasteiger partial charge in [-0.1, -0.05) is 11.6 Å². The topological polar surface area (TPSA) is 77.4 Å². The molecule has 1 aromatic heterocycles. The fourth-order valence-electron chi connectivity index (χ4n) is 1.96. The van der Waals surface area contributed by atoms with E-state index in [1.165, 1.54) is 9.29 Å². The first-order valence-electron chi connectivity index (χ1n) is 6.56. The Hall–Kier alpha value is -1.26. The molecule has 23 heavy (non-hydrogen) atoms. The van der Waals surface area contributed by atoms with Crippen LogP contribution in [0.2, 0.25) is 5.02 Å². The van der Waals surface area contributed by atoms with Gasteiger partial charge in [0.2, 0.25) is 10.0 Å². The van der Waals surface area contributed by atoms with Crippen LogP contribution in [0.1, 0.15) is 36.3 Å². The van der Waals surface area contributed by atoms with Crippen LogP contribution in [0.5, 0.6) is 0 Å². The number of aromatic nitrogens is 1. The molecule has 2 rings (SSSR count). The third-order valence-electron chi connectivity index (χ3n) is 3.37. The van der Waals surface area contributed by atoms with Crippen LogP contribution in [0.4, 0.5) is 13.2 Å². The molecular weight excluding hydrogens is 361 g/mol. The molecule has 0 unspecified atom stereocenters. The van der Waals surface area contributed by atoms with Crippen LogP contribution >= 0.6 is 11.6 Å². The van der Waals surface area contributed by atoms with E-state index in [4.69, 9.17) is 11.6 Å². The number of rotatable bonds is 5. The summed E-state index contributed by atoms with van der Waals surface area (Å²) >= 11 is 5.94. The molecule has 0 radical (unpaired) electrons. The van der Waals surface area contributed by atoms with Crippen LogP contribution in [-0.4, -0.2) is 38.3 Å². The summed E-state index contributed by atoms with van der Waals surface area (Å²) in [6.45, 7) is 0.671. The van der Waals surface area contributed by atoms with E-state index >= 15 is 0 Å². The van der Waals surface area contributed by atoms with Crippen molar-refractivity contribution in [2.24, 2.45) is 0 Å². The Kier molecular flexibility index (Phi) is 4.71. The molecule has 1 fully saturated rings. The molecule has 1 atom stereocenters. The summed E-state index contributed by atoms with van der Waals surface area (Å²) in [4.78, 5) is 11.2. The highest BCUT2D eigenvalue weighted by molar-refractivity contribution is 7.89. The van der Waals surface area contributed by atoms with Gasteiger partial charge in [-0.2, -0.15) is 17.9 Å². The number of methoxy groups -OCH3 is 1. The van der Waals surface area contributed by atoms with E-state index < -0.39 is 38.1 Å². The summed E-state index contributed by atoms with van der Waals surface area (Å²) in [5.74, 6) is -0.854. The quantitative estimate of drug-likeness (QED) is 0.803. The second-order valence-corrected chi connectivity index (χ2v) is 7.23. The fraction of sp³-hybridized carbons (Fsp3) is 0.583. The summed E-state index contributed by atoms with van der Waals surface area (Å²) in [6, 6.07) is -2.42. The summed E-state index contributed by atoms with van der Waals surface area (Å²) in [5, 5.41) is -0.453. The lowest BCUT2D eigenvalue weighted by molar-refractivity contribution is -0.147. The van der Waals surface area contributed by atoms with Crippen LogP contribution in [0.25, 0.3) is 0 Å². The first-order valence-corrected chi connectivity index (χ1v) is 8.43. The largest absolute Gasteiger partial charge is 0.464 e. The van der Waals surface area contributed by atoms with E-state index in [0.717, 1.165) is 13.3 Å². The maximum atomic E-state index is 12.6. The second kappa shape index (κ2) is 5.99. The predicted octanol–water partition coefficient (Wildman–Crippen LogP) is 2.49. The van der Waals surface area contributed by atoms with Crippen molar-refractivity contribution < 1.29 is 31.1 Å². The SMILES string of the molecule is COC(=O)c1c(Cl)c(S(=O)(=O)N[C@H](C)C(F)(F)F)cn1C1CC1. The number of nitrogens with zero attached hydrogens (tertiary/aromatic N) is 1. The maximum Gasteiger partial charge on any atom is 0.404 e. The van der Waals surface area contributed by atoms with Gasteiger partial charge in [-0.25, -0.2) is 13.2 Å². The van der Waals surface area contributed by atoms with Gasteiger partial charge in [0.15, 0.2) is 0 Å². The normalized spacial score (nSPS) is 17.1. The molecule has 0 aromatic carbocycles. The third-order valence-corrected chi connectivity index (χ3v) is 5.42. The van der Waals surface area contributed by atoms with Crippen LogP contribution in [-0.2, 0) is 14.8 Å². The van der Waals surface area contributed by atoms with Crippen molar-refractivity contribution in [1.82, 2.24) is 9.29 Å². The molecule has 0 aliphatic heterocycles. The van der Waals surface area contributed by atoms with Gasteiger partial charge in [0.05, 0.1) is 12.1 Å². The molecule has 1 aliphatic rings. The molecule has 1 aliphatic carbocycles. The Balaban J connectivity index is 2.45. The molecule has 0 spiro atoms. The van der Waals surface area contributed by atoms with E-state index in [0.29, 0.717) is 19.8 Å². The molecule has 130 valence electrons. The molecular formula is C12H14ClF3N2O4S. The number of ether oxygens (including phenoxy) is 1. The van der Waals surface area contributed by atoms with Crippen molar-refractivity contribution in [2.75, 3.05) is 7.11 Å². The zero-order valence-electron chi connectivity index (χ0n) is 12.1. The maximum absolute atomic E-state index is 12.6. The molecule has 0 bridgehead atoms. The van der Waals surface area contributed by atoms with Crippen molar-refractivity contribution in [3.8, 4) is 0 Å². The molecule has 1 N–H and O–H groups in total. The van der Waals surface area contributed by atoms with Crippen molar-refractivity contribution >= 4 is 27.6 Å². The molecule has 1 saturated carbocycles. The minimum atomic E-state index is -4.75. The fourth-order valence-corrected chi connectivity index (χ4v) is 3.80. The smallest absolute Gasteiger partial charge is 0.404 e. The molecule has 11 heteroatoms. The average Bonchev–Trinajstić information content (AvgIpc) is 3.19. The van der Waals surface area contributed by atoms with Crippen molar-refractivity contribution in [2.45, 2.75) is 42.9 Å². The number of hydrogen-bond acceptors (Lipinski definition) is 4. The standard InChI is InChI=1S/C12H14ClF3N2O4S/c1-6(12(14,15)16)17-23(20,21)8-5-18(7-3-4-7)10(9(8)13)11(19)22-2/h5-7,17H,3-4H2,1-2H3/t6-/m1/s1. The molecule has 1 heterocycles. The number of alkyl halides is 3. The van der Waals surface area contributed by atoms with E-state index in [-0.39, 0.29) is 11.7 Å². The number of hydrogen-bond donors (Lipinski definition) is 1. The van der Waals surface area contributed by atoms with Gasteiger partial charge in [0, 0.05) is 12.2 Å². The van der Waals surface area contributed by atoms with Crippen LogP contribution in [0.15, 0.2) is 11.1 Å². The highest BCUT2D eigenvalue weighted by atomic mass is 35.5. The highest BCUT2D eigenvalue weighted by Gasteiger charge is 2.41. The minimum Gasteiger partial charge on any atom is -0.464 e. The number of carbonyl (C=O) groups excluding carboxylic acids is 1. The van der Waals surface area contributed by atoms with Gasteiger partial charge in [-0.05, 0) is 19.8 Å². The summed E-state index contributed by atoms with van der Waals surface area (Å²) in [7, 11) is -3.45. The third kappa shape index (κ3) is 3.64. The number of esters is 1. The first-order chi connectivity index (χ1) is 10.5. The lowest BCUT2D eigenvalue weighted by Crippen LogP contribution is -2.42. The van der Waals surface area contributed by atoms with Crippen molar-refractivity contribution in [3.05, 3.63) is 16.9 Å². The van der Waals surface area contributed by atoms with Gasteiger partial charge in [-0.15, -0.1) is 0 Å². The van der Waals surface area contributed by atoms with Crippen LogP contribution < -0.4 is 4.72 Å². The van der Waals surface area contributed by atoms with Crippen LogP contribution in [0, 0.1) is 0 Å². The number of halogens is 4. The average molecular weight is 375 g/mol. The number of carbonyl (C=O) groups is 1. The Morgan fingerprint density at radius 1 is 1.48 bits per heavy atom. The van der Waals surface area contributed by atoms with Crippen molar-refractivity contribution in [1.29, 1.82) is 0 Å². The monoisotopic (exact) mass is 374 g/mol.